The second-order valence-corrected chi connectivity index (χ2v) is 8.29. The first-order chi connectivity index (χ1) is 13.5. The Hall–Kier alpha value is -2.38. The van der Waals surface area contributed by atoms with Gasteiger partial charge in [-0.05, 0) is 66.9 Å². The summed E-state index contributed by atoms with van der Waals surface area (Å²) in [7, 11) is 0. The fraction of sp³-hybridized carbons (Fsp3) is 0.300. The van der Waals surface area contributed by atoms with Crippen molar-refractivity contribution >= 4 is 29.3 Å². The number of thioether (sulfide) groups is 1. The summed E-state index contributed by atoms with van der Waals surface area (Å²) in [6, 6.07) is 17.6. The third kappa shape index (κ3) is 5.56. The van der Waals surface area contributed by atoms with Crippen molar-refractivity contribution < 1.29 is 4.79 Å². The number of carbonyl (C=O) groups is 1. The van der Waals surface area contributed by atoms with Crippen molar-refractivity contribution in [1.29, 1.82) is 0 Å². The molecule has 0 spiro atoms. The zero-order valence-electron chi connectivity index (χ0n) is 15.7. The van der Waals surface area contributed by atoms with E-state index in [9.17, 15) is 4.79 Å². The molecule has 3 rings (SSSR count). The maximum Gasteiger partial charge on any atom is 0.233 e. The molecular formula is C20H22ClN5OS. The number of aromatic nitrogens is 4. The average molecular weight is 416 g/mol. The van der Waals surface area contributed by atoms with Gasteiger partial charge in [-0.25, -0.2) is 0 Å². The molecule has 3 aromatic rings. The first kappa shape index (κ1) is 20.4. The van der Waals surface area contributed by atoms with Crippen molar-refractivity contribution in [1.82, 2.24) is 25.5 Å². The van der Waals surface area contributed by atoms with E-state index < -0.39 is 0 Å². The van der Waals surface area contributed by atoms with E-state index in [1.807, 2.05) is 44.2 Å². The third-order valence-corrected chi connectivity index (χ3v) is 5.55. The van der Waals surface area contributed by atoms with Crippen LogP contribution in [-0.2, 0) is 11.2 Å². The fourth-order valence-electron chi connectivity index (χ4n) is 2.67. The smallest absolute Gasteiger partial charge is 0.233 e. The summed E-state index contributed by atoms with van der Waals surface area (Å²) in [5.41, 5.74) is 2.06. The Morgan fingerprint density at radius 3 is 2.57 bits per heavy atom. The second kappa shape index (κ2) is 9.71. The number of tetrazole rings is 1. The van der Waals surface area contributed by atoms with Crippen LogP contribution < -0.4 is 5.32 Å². The minimum atomic E-state index is -0.323. The van der Waals surface area contributed by atoms with Crippen molar-refractivity contribution in [2.45, 2.75) is 43.1 Å². The topological polar surface area (TPSA) is 72.7 Å². The van der Waals surface area contributed by atoms with E-state index in [1.165, 1.54) is 17.3 Å². The number of halogens is 1. The normalized spacial score (nSPS) is 13.1. The predicted octanol–water partition coefficient (Wildman–Crippen LogP) is 3.93. The highest BCUT2D eigenvalue weighted by atomic mass is 35.5. The molecule has 0 saturated heterocycles. The molecule has 0 bridgehead atoms. The van der Waals surface area contributed by atoms with Crippen molar-refractivity contribution in [2.24, 2.45) is 0 Å². The van der Waals surface area contributed by atoms with Gasteiger partial charge in [0.15, 0.2) is 0 Å². The van der Waals surface area contributed by atoms with Crippen LogP contribution in [0.3, 0.4) is 0 Å². The molecule has 1 heterocycles. The largest absolute Gasteiger partial charge is 0.353 e. The quantitative estimate of drug-likeness (QED) is 0.564. The molecule has 1 aromatic heterocycles. The number of benzene rings is 2. The van der Waals surface area contributed by atoms with Crippen LogP contribution in [0, 0.1) is 0 Å². The van der Waals surface area contributed by atoms with Crippen LogP contribution in [0.2, 0.25) is 5.02 Å². The van der Waals surface area contributed by atoms with Gasteiger partial charge in [0.25, 0.3) is 0 Å². The van der Waals surface area contributed by atoms with Gasteiger partial charge in [-0.15, -0.1) is 5.10 Å². The van der Waals surface area contributed by atoms with Crippen molar-refractivity contribution in [2.75, 3.05) is 0 Å². The standard InChI is InChI=1S/C20H22ClN5OS/c1-14(8-9-16-6-4-3-5-7-16)22-19(27)15(2)28-20-23-24-25-26(20)18-12-10-17(21)11-13-18/h3-7,10-15H,8-9H2,1-2H3,(H,22,27)/t14-,15-/m1/s1. The highest BCUT2D eigenvalue weighted by molar-refractivity contribution is 8.00. The Bertz CT molecular complexity index is 900. The first-order valence-corrected chi connectivity index (χ1v) is 10.3. The molecule has 0 fully saturated rings. The molecule has 2 aromatic carbocycles. The molecule has 0 saturated carbocycles. The Balaban J connectivity index is 1.54. The average Bonchev–Trinajstić information content (AvgIpc) is 3.16. The van der Waals surface area contributed by atoms with Crippen LogP contribution in [0.4, 0.5) is 0 Å². The first-order valence-electron chi connectivity index (χ1n) is 9.08. The van der Waals surface area contributed by atoms with Gasteiger partial charge < -0.3 is 5.32 Å². The number of amides is 1. The molecule has 1 amide bonds. The minimum absolute atomic E-state index is 0.0313. The van der Waals surface area contributed by atoms with E-state index in [4.69, 9.17) is 11.6 Å². The maximum atomic E-state index is 12.6. The SMILES string of the molecule is C[C@H](CCc1ccccc1)NC(=O)[C@@H](C)Sc1nnnn1-c1ccc(Cl)cc1. The third-order valence-electron chi connectivity index (χ3n) is 4.26. The Labute approximate surface area is 173 Å². The highest BCUT2D eigenvalue weighted by Gasteiger charge is 2.20. The van der Waals surface area contributed by atoms with E-state index in [-0.39, 0.29) is 17.2 Å². The number of nitrogens with one attached hydrogen (secondary N) is 1. The molecule has 6 nitrogen and oxygen atoms in total. The Kier molecular flexibility index (Phi) is 7.06. The van der Waals surface area contributed by atoms with Crippen molar-refractivity contribution in [3.8, 4) is 5.69 Å². The number of hydrogen-bond acceptors (Lipinski definition) is 5. The molecule has 0 unspecified atom stereocenters. The molecule has 28 heavy (non-hydrogen) atoms. The van der Waals surface area contributed by atoms with Gasteiger partial charge in [-0.2, -0.15) is 4.68 Å². The molecular weight excluding hydrogens is 394 g/mol. The van der Waals surface area contributed by atoms with Crippen molar-refractivity contribution in [3.63, 3.8) is 0 Å². The van der Waals surface area contributed by atoms with Gasteiger partial charge >= 0.3 is 0 Å². The molecule has 2 atom stereocenters. The summed E-state index contributed by atoms with van der Waals surface area (Å²) < 4.78 is 1.60. The van der Waals surface area contributed by atoms with E-state index in [0.717, 1.165) is 18.5 Å². The van der Waals surface area contributed by atoms with Gasteiger partial charge in [0, 0.05) is 11.1 Å². The molecule has 8 heteroatoms. The lowest BCUT2D eigenvalue weighted by molar-refractivity contribution is -0.120. The number of rotatable bonds is 8. The van der Waals surface area contributed by atoms with Crippen LogP contribution >= 0.6 is 23.4 Å². The van der Waals surface area contributed by atoms with Gasteiger partial charge in [0.05, 0.1) is 10.9 Å². The molecule has 0 aliphatic heterocycles. The number of hydrogen-bond donors (Lipinski definition) is 1. The van der Waals surface area contributed by atoms with Gasteiger partial charge in [-0.1, -0.05) is 53.7 Å². The van der Waals surface area contributed by atoms with Crippen LogP contribution in [0.15, 0.2) is 59.8 Å². The summed E-state index contributed by atoms with van der Waals surface area (Å²) in [6.45, 7) is 3.88. The number of carbonyl (C=O) groups excluding carboxylic acids is 1. The second-order valence-electron chi connectivity index (χ2n) is 6.54. The molecule has 1 N–H and O–H groups in total. The minimum Gasteiger partial charge on any atom is -0.353 e. The fourth-order valence-corrected chi connectivity index (χ4v) is 3.61. The van der Waals surface area contributed by atoms with Gasteiger partial charge in [0.2, 0.25) is 11.1 Å². The van der Waals surface area contributed by atoms with E-state index >= 15 is 0 Å². The Morgan fingerprint density at radius 1 is 1.14 bits per heavy atom. The molecule has 0 aliphatic carbocycles. The predicted molar refractivity (Wildman–Crippen MR) is 112 cm³/mol. The Morgan fingerprint density at radius 2 is 1.86 bits per heavy atom. The lowest BCUT2D eigenvalue weighted by atomic mass is 10.1. The summed E-state index contributed by atoms with van der Waals surface area (Å²) in [6.07, 6.45) is 1.81. The van der Waals surface area contributed by atoms with Crippen LogP contribution in [0.5, 0.6) is 0 Å². The summed E-state index contributed by atoms with van der Waals surface area (Å²) in [5, 5.41) is 15.7. The van der Waals surface area contributed by atoms with E-state index in [2.05, 4.69) is 33.0 Å². The van der Waals surface area contributed by atoms with Crippen LogP contribution in [0.25, 0.3) is 5.69 Å². The lowest BCUT2D eigenvalue weighted by Gasteiger charge is -2.17. The number of aryl methyl sites for hydroxylation is 1. The monoisotopic (exact) mass is 415 g/mol. The van der Waals surface area contributed by atoms with Crippen LogP contribution in [0.1, 0.15) is 25.8 Å². The molecule has 0 aliphatic rings. The van der Waals surface area contributed by atoms with E-state index in [0.29, 0.717) is 10.2 Å². The number of nitrogens with zero attached hydrogens (tertiary/aromatic N) is 4. The zero-order chi connectivity index (χ0) is 19.9. The van der Waals surface area contributed by atoms with E-state index in [1.54, 1.807) is 16.8 Å². The maximum absolute atomic E-state index is 12.6. The zero-order valence-corrected chi connectivity index (χ0v) is 17.3. The molecule has 146 valence electrons. The van der Waals surface area contributed by atoms with Crippen molar-refractivity contribution in [3.05, 3.63) is 65.2 Å². The lowest BCUT2D eigenvalue weighted by Crippen LogP contribution is -2.38. The van der Waals surface area contributed by atoms with Crippen LogP contribution in [-0.4, -0.2) is 37.4 Å². The summed E-state index contributed by atoms with van der Waals surface area (Å²) >= 11 is 7.26. The van der Waals surface area contributed by atoms with Gasteiger partial charge in [0.1, 0.15) is 0 Å². The summed E-state index contributed by atoms with van der Waals surface area (Å²) in [5.74, 6) is -0.0313. The highest BCUT2D eigenvalue weighted by Crippen LogP contribution is 2.23. The molecule has 0 radical (unpaired) electrons. The summed E-state index contributed by atoms with van der Waals surface area (Å²) in [4.78, 5) is 12.6. The van der Waals surface area contributed by atoms with Gasteiger partial charge in [-0.3, -0.25) is 4.79 Å².